The van der Waals surface area contributed by atoms with Crippen LogP contribution in [0.4, 0.5) is 11.4 Å². The Hall–Kier alpha value is -2.67. The Morgan fingerprint density at radius 2 is 1.85 bits per heavy atom. The first kappa shape index (κ1) is 18.1. The van der Waals surface area contributed by atoms with Gasteiger partial charge in [0.25, 0.3) is 5.69 Å². The van der Waals surface area contributed by atoms with Gasteiger partial charge in [0.15, 0.2) is 0 Å². The summed E-state index contributed by atoms with van der Waals surface area (Å²) in [5.74, 6) is -1.95. The molecule has 2 aliphatic rings. The number of fused-ring (bicyclic) bond motifs is 2. The number of non-ortho nitro benzene ring substituents is 1. The van der Waals surface area contributed by atoms with Gasteiger partial charge in [0, 0.05) is 22.9 Å². The average Bonchev–Trinajstić information content (AvgIpc) is 3.21. The van der Waals surface area contributed by atoms with Crippen molar-refractivity contribution in [3.8, 4) is 0 Å². The molecule has 1 fully saturated rings. The number of nitrogens with one attached hydrogen (secondary N) is 1. The average molecular weight is 377 g/mol. The second kappa shape index (κ2) is 7.29. The van der Waals surface area contributed by atoms with Crippen molar-refractivity contribution in [3.05, 3.63) is 58.1 Å². The Labute approximate surface area is 154 Å². The molecule has 0 aromatic heterocycles. The van der Waals surface area contributed by atoms with Gasteiger partial charge in [-0.3, -0.25) is 19.7 Å². The largest absolute Gasteiger partial charge is 0.460 e. The van der Waals surface area contributed by atoms with Crippen LogP contribution in [0.25, 0.3) is 0 Å². The van der Waals surface area contributed by atoms with Crippen molar-refractivity contribution < 1.29 is 19.2 Å². The van der Waals surface area contributed by atoms with Crippen molar-refractivity contribution in [2.45, 2.75) is 6.42 Å². The van der Waals surface area contributed by atoms with Gasteiger partial charge in [0.2, 0.25) is 5.91 Å². The molecule has 0 saturated heterocycles. The summed E-state index contributed by atoms with van der Waals surface area (Å²) in [4.78, 5) is 35.4. The number of carbonyl (C=O) groups excluding carboxylic acids is 2. The summed E-state index contributed by atoms with van der Waals surface area (Å²) in [7, 11) is 0. The predicted molar refractivity (Wildman–Crippen MR) is 95.4 cm³/mol. The van der Waals surface area contributed by atoms with Crippen LogP contribution in [-0.4, -0.2) is 23.4 Å². The predicted octanol–water partition coefficient (Wildman–Crippen LogP) is 3.27. The molecular formula is C18H17ClN2O5. The monoisotopic (exact) mass is 376 g/mol. The molecule has 8 heteroatoms. The summed E-state index contributed by atoms with van der Waals surface area (Å²) >= 11 is 5.64. The van der Waals surface area contributed by atoms with Crippen LogP contribution in [0.3, 0.4) is 0 Å². The number of halogens is 1. The molecule has 136 valence electrons. The molecule has 0 heterocycles. The Morgan fingerprint density at radius 3 is 2.42 bits per heavy atom. The van der Waals surface area contributed by atoms with Crippen LogP contribution in [0, 0.1) is 33.8 Å². The Bertz CT molecular complexity index is 789. The first-order valence-corrected chi connectivity index (χ1v) is 8.48. The first-order chi connectivity index (χ1) is 12.4. The molecule has 1 saturated carbocycles. The lowest BCUT2D eigenvalue weighted by Gasteiger charge is -2.25. The lowest BCUT2D eigenvalue weighted by Crippen LogP contribution is -2.37. The normalized spacial score (nSPS) is 25.7. The summed E-state index contributed by atoms with van der Waals surface area (Å²) in [5.41, 5.74) is 0.377. The minimum absolute atomic E-state index is 0.0326. The highest BCUT2D eigenvalue weighted by Crippen LogP contribution is 2.49. The molecule has 1 amide bonds. The summed E-state index contributed by atoms with van der Waals surface area (Å²) < 4.78 is 5.15. The molecule has 1 aromatic carbocycles. The quantitative estimate of drug-likeness (QED) is 0.355. The van der Waals surface area contributed by atoms with Crippen LogP contribution in [0.1, 0.15) is 6.42 Å². The second-order valence-corrected chi connectivity index (χ2v) is 6.95. The van der Waals surface area contributed by atoms with Crippen LogP contribution in [0.5, 0.6) is 0 Å². The van der Waals surface area contributed by atoms with Gasteiger partial charge in [0.1, 0.15) is 6.61 Å². The molecule has 1 N–H and O–H groups in total. The summed E-state index contributed by atoms with van der Waals surface area (Å²) in [6, 6.07) is 5.55. The highest BCUT2D eigenvalue weighted by molar-refractivity contribution is 6.29. The van der Waals surface area contributed by atoms with Crippen molar-refractivity contribution in [1.82, 2.24) is 0 Å². The first-order valence-electron chi connectivity index (χ1n) is 8.10. The maximum Gasteiger partial charge on any atom is 0.310 e. The number of benzene rings is 1. The maximum atomic E-state index is 12.7. The zero-order chi connectivity index (χ0) is 18.8. The van der Waals surface area contributed by atoms with Crippen LogP contribution in [0.2, 0.25) is 0 Å². The summed E-state index contributed by atoms with van der Waals surface area (Å²) in [6.07, 6.45) is 4.62. The molecule has 26 heavy (non-hydrogen) atoms. The number of esters is 1. The third kappa shape index (κ3) is 3.62. The Morgan fingerprint density at radius 1 is 1.23 bits per heavy atom. The number of ether oxygens (including phenoxy) is 1. The Balaban J connectivity index is 1.72. The fourth-order valence-electron chi connectivity index (χ4n) is 3.64. The van der Waals surface area contributed by atoms with Gasteiger partial charge in [-0.25, -0.2) is 0 Å². The van der Waals surface area contributed by atoms with E-state index in [4.69, 9.17) is 16.3 Å². The van der Waals surface area contributed by atoms with E-state index >= 15 is 0 Å². The maximum absolute atomic E-state index is 12.7. The van der Waals surface area contributed by atoms with Crippen molar-refractivity contribution in [2.75, 3.05) is 11.9 Å². The number of hydrogen-bond acceptors (Lipinski definition) is 5. The number of carbonyl (C=O) groups is 2. The van der Waals surface area contributed by atoms with Gasteiger partial charge in [-0.05, 0) is 30.4 Å². The minimum atomic E-state index is -0.570. The second-order valence-electron chi connectivity index (χ2n) is 6.42. The fraction of sp³-hybridized carbons (Fsp3) is 0.333. The number of nitro groups is 1. The third-order valence-corrected chi connectivity index (χ3v) is 4.86. The van der Waals surface area contributed by atoms with Gasteiger partial charge in [-0.15, -0.1) is 0 Å². The highest BCUT2D eigenvalue weighted by atomic mass is 35.5. The molecule has 4 atom stereocenters. The van der Waals surface area contributed by atoms with Crippen LogP contribution < -0.4 is 5.32 Å². The third-order valence-electron chi connectivity index (χ3n) is 4.75. The van der Waals surface area contributed by atoms with E-state index in [0.29, 0.717) is 5.69 Å². The summed E-state index contributed by atoms with van der Waals surface area (Å²) in [6.45, 7) is 3.39. The van der Waals surface area contributed by atoms with Crippen molar-refractivity contribution in [3.63, 3.8) is 0 Å². The van der Waals surface area contributed by atoms with Gasteiger partial charge in [-0.1, -0.05) is 30.3 Å². The lowest BCUT2D eigenvalue weighted by molar-refractivity contribution is -0.384. The molecule has 2 aliphatic carbocycles. The number of nitro benzene ring substituents is 1. The van der Waals surface area contributed by atoms with E-state index < -0.39 is 22.7 Å². The number of amides is 1. The molecule has 0 radical (unpaired) electrons. The molecule has 7 nitrogen and oxygen atoms in total. The van der Waals surface area contributed by atoms with Crippen LogP contribution in [-0.2, 0) is 14.3 Å². The van der Waals surface area contributed by atoms with Gasteiger partial charge in [0.05, 0.1) is 16.8 Å². The molecular weight excluding hydrogens is 360 g/mol. The fourth-order valence-corrected chi connectivity index (χ4v) is 3.69. The van der Waals surface area contributed by atoms with Crippen LogP contribution in [0.15, 0.2) is 48.0 Å². The topological polar surface area (TPSA) is 98.5 Å². The number of hydrogen-bond donors (Lipinski definition) is 1. The van der Waals surface area contributed by atoms with E-state index in [1.54, 1.807) is 0 Å². The van der Waals surface area contributed by atoms with Gasteiger partial charge >= 0.3 is 5.97 Å². The van der Waals surface area contributed by atoms with E-state index in [0.717, 1.165) is 6.42 Å². The molecule has 0 aliphatic heterocycles. The molecule has 3 rings (SSSR count). The zero-order valence-corrected chi connectivity index (χ0v) is 14.5. The standard InChI is InChI=1S/C18H17ClN2O5/c1-10(19)9-26-18(23)16-12-3-2-11(8-12)15(16)17(22)20-13-4-6-14(7-5-13)21(24)25/h2-7,11-12,15-16H,1,8-9H2,(H,20,22)/t11-,12+,15-,16-/m0/s1. The van der Waals surface area contributed by atoms with Crippen LogP contribution >= 0.6 is 11.6 Å². The number of nitrogens with zero attached hydrogens (tertiary/aromatic N) is 1. The smallest absolute Gasteiger partial charge is 0.310 e. The highest BCUT2D eigenvalue weighted by Gasteiger charge is 2.52. The van der Waals surface area contributed by atoms with E-state index in [9.17, 15) is 19.7 Å². The zero-order valence-electron chi connectivity index (χ0n) is 13.8. The van der Waals surface area contributed by atoms with Gasteiger partial charge < -0.3 is 10.1 Å². The summed E-state index contributed by atoms with van der Waals surface area (Å²) in [5, 5.41) is 13.7. The lowest BCUT2D eigenvalue weighted by atomic mass is 9.82. The minimum Gasteiger partial charge on any atom is -0.460 e. The SMILES string of the molecule is C=C(Cl)COC(=O)[C@@H]1[C@@H](C(=O)Nc2ccc([N+](=O)[O-])cc2)[C@H]2C=C[C@@H]1C2. The van der Waals surface area contributed by atoms with Crippen molar-refractivity contribution >= 4 is 34.9 Å². The van der Waals surface area contributed by atoms with Gasteiger partial charge in [-0.2, -0.15) is 0 Å². The molecule has 1 aromatic rings. The van der Waals surface area contributed by atoms with E-state index in [2.05, 4.69) is 11.9 Å². The van der Waals surface area contributed by atoms with E-state index in [1.807, 2.05) is 12.2 Å². The van der Waals surface area contributed by atoms with E-state index in [1.165, 1.54) is 24.3 Å². The number of allylic oxidation sites excluding steroid dienone is 2. The van der Waals surface area contributed by atoms with E-state index in [-0.39, 0.29) is 35.1 Å². The van der Waals surface area contributed by atoms with Crippen molar-refractivity contribution in [1.29, 1.82) is 0 Å². The number of anilines is 1. The molecule has 2 bridgehead atoms. The molecule has 0 spiro atoms. The number of rotatable bonds is 6. The Kier molecular flexibility index (Phi) is 5.08. The molecule has 0 unspecified atom stereocenters. The van der Waals surface area contributed by atoms with Crippen molar-refractivity contribution in [2.24, 2.45) is 23.7 Å².